The number of ether oxygens (including phenoxy) is 3. The van der Waals surface area contributed by atoms with Gasteiger partial charge in [-0.05, 0) is 76.5 Å². The summed E-state index contributed by atoms with van der Waals surface area (Å²) >= 11 is 3.48. The van der Waals surface area contributed by atoms with Crippen molar-refractivity contribution in [2.45, 2.75) is 32.8 Å². The highest BCUT2D eigenvalue weighted by atomic mass is 79.9. The summed E-state index contributed by atoms with van der Waals surface area (Å²) in [6.45, 7) is 2.90. The summed E-state index contributed by atoms with van der Waals surface area (Å²) in [4.78, 5) is 12.4. The molecule has 0 aromatic heterocycles. The summed E-state index contributed by atoms with van der Waals surface area (Å²) in [5.74, 6) is 1.10. The monoisotopic (exact) mass is 541 g/mol. The molecule has 0 saturated heterocycles. The van der Waals surface area contributed by atoms with Crippen LogP contribution < -0.4 is 19.5 Å². The molecule has 184 valence electrons. The maximum absolute atomic E-state index is 13.9. The third-order valence-electron chi connectivity index (χ3n) is 5.15. The Morgan fingerprint density at radius 2 is 1.83 bits per heavy atom. The minimum Gasteiger partial charge on any atom is -0.494 e. The van der Waals surface area contributed by atoms with E-state index in [1.807, 2.05) is 24.3 Å². The van der Waals surface area contributed by atoms with Gasteiger partial charge < -0.3 is 19.5 Å². The van der Waals surface area contributed by atoms with Gasteiger partial charge in [0, 0.05) is 17.3 Å². The normalized spacial score (nSPS) is 10.9. The minimum absolute atomic E-state index is 0.0573. The Bertz CT molecular complexity index is 1150. The molecule has 3 aromatic rings. The average molecular weight is 542 g/mol. The van der Waals surface area contributed by atoms with E-state index < -0.39 is 0 Å². The van der Waals surface area contributed by atoms with E-state index in [0.29, 0.717) is 33.8 Å². The lowest BCUT2D eigenvalue weighted by Gasteiger charge is -2.14. The van der Waals surface area contributed by atoms with Crippen LogP contribution in [0.2, 0.25) is 0 Å². The molecule has 7 heteroatoms. The van der Waals surface area contributed by atoms with Crippen LogP contribution in [-0.4, -0.2) is 19.6 Å². The standard InChI is InChI=1S/C28H29BrFNO4/c1-3-4-7-16-34-23-13-11-22(12-14-23)31-27(32)15-10-20-17-24(29)28(26(18-20)33-2)35-19-21-8-5-6-9-25(21)30/h5-6,8-15,17-18H,3-4,7,16,19H2,1-2H3,(H,31,32)/b15-10+. The molecule has 0 saturated carbocycles. The summed E-state index contributed by atoms with van der Waals surface area (Å²) < 4.78 is 31.5. The first-order valence-corrected chi connectivity index (χ1v) is 12.2. The van der Waals surface area contributed by atoms with Crippen LogP contribution in [0.15, 0.2) is 71.2 Å². The van der Waals surface area contributed by atoms with Gasteiger partial charge in [0.25, 0.3) is 0 Å². The number of amides is 1. The molecule has 1 amide bonds. The number of carbonyl (C=O) groups is 1. The average Bonchev–Trinajstić information content (AvgIpc) is 2.86. The minimum atomic E-state index is -0.331. The Hall–Kier alpha value is -3.32. The lowest BCUT2D eigenvalue weighted by Crippen LogP contribution is -2.07. The van der Waals surface area contributed by atoms with E-state index in [1.54, 1.807) is 36.4 Å². The number of nitrogens with one attached hydrogen (secondary N) is 1. The van der Waals surface area contributed by atoms with Crippen LogP contribution in [0.4, 0.5) is 10.1 Å². The topological polar surface area (TPSA) is 56.8 Å². The van der Waals surface area contributed by atoms with Gasteiger partial charge in [0.15, 0.2) is 11.5 Å². The quantitative estimate of drug-likeness (QED) is 0.192. The van der Waals surface area contributed by atoms with Gasteiger partial charge in [0.1, 0.15) is 18.2 Å². The number of carbonyl (C=O) groups excluding carboxylic acids is 1. The molecule has 0 atom stereocenters. The summed E-state index contributed by atoms with van der Waals surface area (Å²) in [6.07, 6.45) is 6.44. The molecular formula is C28H29BrFNO4. The molecule has 0 bridgehead atoms. The molecular weight excluding hydrogens is 513 g/mol. The van der Waals surface area contributed by atoms with Crippen molar-refractivity contribution in [1.29, 1.82) is 0 Å². The van der Waals surface area contributed by atoms with Crippen LogP contribution in [0, 0.1) is 5.82 Å². The van der Waals surface area contributed by atoms with Crippen LogP contribution in [0.3, 0.4) is 0 Å². The fraction of sp³-hybridized carbons (Fsp3) is 0.250. The van der Waals surface area contributed by atoms with Gasteiger partial charge in [-0.25, -0.2) is 4.39 Å². The number of anilines is 1. The zero-order valence-electron chi connectivity index (χ0n) is 19.9. The number of halogens is 2. The van der Waals surface area contributed by atoms with Crippen molar-refractivity contribution in [2.75, 3.05) is 19.0 Å². The summed E-state index contributed by atoms with van der Waals surface area (Å²) in [7, 11) is 1.52. The maximum atomic E-state index is 13.9. The number of benzene rings is 3. The predicted molar refractivity (Wildman–Crippen MR) is 141 cm³/mol. The van der Waals surface area contributed by atoms with Crippen molar-refractivity contribution in [3.63, 3.8) is 0 Å². The fourth-order valence-electron chi connectivity index (χ4n) is 3.27. The van der Waals surface area contributed by atoms with Crippen LogP contribution in [0.25, 0.3) is 6.08 Å². The second kappa shape index (κ2) is 13.5. The predicted octanol–water partition coefficient (Wildman–Crippen LogP) is 7.40. The molecule has 0 aliphatic carbocycles. The third kappa shape index (κ3) is 8.14. The number of hydrogen-bond donors (Lipinski definition) is 1. The summed E-state index contributed by atoms with van der Waals surface area (Å²) in [6, 6.07) is 17.3. The van der Waals surface area contributed by atoms with E-state index in [-0.39, 0.29) is 18.3 Å². The zero-order chi connectivity index (χ0) is 25.0. The molecule has 0 aliphatic rings. The highest BCUT2D eigenvalue weighted by Crippen LogP contribution is 2.37. The molecule has 0 unspecified atom stereocenters. The van der Waals surface area contributed by atoms with Crippen molar-refractivity contribution in [3.05, 3.63) is 88.2 Å². The van der Waals surface area contributed by atoms with Crippen LogP contribution in [0.5, 0.6) is 17.2 Å². The van der Waals surface area contributed by atoms with Crippen molar-refractivity contribution in [3.8, 4) is 17.2 Å². The number of methoxy groups -OCH3 is 1. The fourth-order valence-corrected chi connectivity index (χ4v) is 3.85. The van der Waals surface area contributed by atoms with Gasteiger partial charge in [0.05, 0.1) is 18.2 Å². The Labute approximate surface area is 214 Å². The van der Waals surface area contributed by atoms with Crippen molar-refractivity contribution in [2.24, 2.45) is 0 Å². The van der Waals surface area contributed by atoms with Crippen molar-refractivity contribution in [1.82, 2.24) is 0 Å². The smallest absolute Gasteiger partial charge is 0.248 e. The Balaban J connectivity index is 1.59. The first kappa shape index (κ1) is 26.3. The lowest BCUT2D eigenvalue weighted by atomic mass is 10.1. The number of hydrogen-bond acceptors (Lipinski definition) is 4. The first-order chi connectivity index (χ1) is 17.0. The largest absolute Gasteiger partial charge is 0.494 e. The van der Waals surface area contributed by atoms with E-state index in [2.05, 4.69) is 28.2 Å². The lowest BCUT2D eigenvalue weighted by molar-refractivity contribution is -0.111. The van der Waals surface area contributed by atoms with Crippen molar-refractivity contribution >= 4 is 33.6 Å². The van der Waals surface area contributed by atoms with Crippen molar-refractivity contribution < 1.29 is 23.4 Å². The molecule has 35 heavy (non-hydrogen) atoms. The van der Waals surface area contributed by atoms with Gasteiger partial charge in [-0.1, -0.05) is 38.0 Å². The first-order valence-electron chi connectivity index (χ1n) is 11.5. The van der Waals surface area contributed by atoms with Crippen LogP contribution >= 0.6 is 15.9 Å². The molecule has 1 N–H and O–H groups in total. The highest BCUT2D eigenvalue weighted by molar-refractivity contribution is 9.10. The molecule has 0 heterocycles. The van der Waals surface area contributed by atoms with Gasteiger partial charge >= 0.3 is 0 Å². The molecule has 0 radical (unpaired) electrons. The van der Waals surface area contributed by atoms with Gasteiger partial charge in [0.2, 0.25) is 5.91 Å². The number of rotatable bonds is 12. The van der Waals surface area contributed by atoms with Gasteiger partial charge in [-0.15, -0.1) is 0 Å². The van der Waals surface area contributed by atoms with E-state index in [4.69, 9.17) is 14.2 Å². The molecule has 3 aromatic carbocycles. The Kier molecular flexibility index (Phi) is 10.2. The molecule has 0 aliphatic heterocycles. The van der Waals surface area contributed by atoms with Gasteiger partial charge in [-0.2, -0.15) is 0 Å². The highest BCUT2D eigenvalue weighted by Gasteiger charge is 2.12. The van der Waals surface area contributed by atoms with Crippen LogP contribution in [0.1, 0.15) is 37.3 Å². The van der Waals surface area contributed by atoms with E-state index in [0.717, 1.165) is 30.6 Å². The Morgan fingerprint density at radius 1 is 1.06 bits per heavy atom. The van der Waals surface area contributed by atoms with E-state index in [9.17, 15) is 9.18 Å². The second-order valence-corrected chi connectivity index (χ2v) is 8.67. The SMILES string of the molecule is CCCCCOc1ccc(NC(=O)/C=C/c2cc(Br)c(OCc3ccccc3F)c(OC)c2)cc1. The van der Waals surface area contributed by atoms with Crippen LogP contribution in [-0.2, 0) is 11.4 Å². The zero-order valence-corrected chi connectivity index (χ0v) is 21.4. The Morgan fingerprint density at radius 3 is 2.54 bits per heavy atom. The summed E-state index contributed by atoms with van der Waals surface area (Å²) in [5, 5.41) is 2.83. The maximum Gasteiger partial charge on any atom is 0.248 e. The molecule has 0 fully saturated rings. The van der Waals surface area contributed by atoms with E-state index in [1.165, 1.54) is 19.3 Å². The second-order valence-electron chi connectivity index (χ2n) is 7.82. The number of unbranched alkanes of at least 4 members (excludes halogenated alkanes) is 2. The molecule has 5 nitrogen and oxygen atoms in total. The summed E-state index contributed by atoms with van der Waals surface area (Å²) in [5.41, 5.74) is 1.85. The molecule has 3 rings (SSSR count). The third-order valence-corrected chi connectivity index (χ3v) is 5.74. The van der Waals surface area contributed by atoms with Gasteiger partial charge in [-0.3, -0.25) is 4.79 Å². The molecule has 0 spiro atoms. The van der Waals surface area contributed by atoms with E-state index >= 15 is 0 Å².